The highest BCUT2D eigenvalue weighted by atomic mass is 19.4. The lowest BCUT2D eigenvalue weighted by Gasteiger charge is -2.06. The van der Waals surface area contributed by atoms with Crippen LogP contribution in [0.25, 0.3) is 0 Å². The molecule has 0 aliphatic heterocycles. The molecule has 15 heavy (non-hydrogen) atoms. The lowest BCUT2D eigenvalue weighted by atomic mass is 10.2. The zero-order valence-corrected chi connectivity index (χ0v) is 7.84. The molecule has 0 amide bonds. The summed E-state index contributed by atoms with van der Waals surface area (Å²) in [5.41, 5.74) is -0.549. The van der Waals surface area contributed by atoms with E-state index in [1.807, 2.05) is 0 Å². The molecule has 0 fully saturated rings. The monoisotopic (exact) mass is 219 g/mol. The van der Waals surface area contributed by atoms with Gasteiger partial charge in [0.25, 0.3) is 0 Å². The predicted molar refractivity (Wildman–Crippen MR) is 44.7 cm³/mol. The molecule has 0 saturated heterocycles. The van der Waals surface area contributed by atoms with Gasteiger partial charge in [-0.05, 0) is 12.1 Å². The fourth-order valence-corrected chi connectivity index (χ4v) is 0.853. The van der Waals surface area contributed by atoms with Crippen molar-refractivity contribution < 1.29 is 22.7 Å². The molecule has 0 radical (unpaired) electrons. The Morgan fingerprint density at radius 3 is 2.53 bits per heavy atom. The number of hydrogen-bond donors (Lipinski definition) is 0. The summed E-state index contributed by atoms with van der Waals surface area (Å²) in [6, 6.07) is 2.07. The highest BCUT2D eigenvalue weighted by molar-refractivity contribution is 5.65. The van der Waals surface area contributed by atoms with E-state index in [0.29, 0.717) is 6.20 Å². The van der Waals surface area contributed by atoms with Crippen molar-refractivity contribution in [3.63, 3.8) is 0 Å². The van der Waals surface area contributed by atoms with E-state index in [1.165, 1.54) is 13.0 Å². The molecule has 1 aromatic rings. The quantitative estimate of drug-likeness (QED) is 0.715. The van der Waals surface area contributed by atoms with Gasteiger partial charge in [-0.1, -0.05) is 0 Å². The number of esters is 1. The molecule has 0 bridgehead atoms. The molecular weight excluding hydrogens is 211 g/mol. The summed E-state index contributed by atoms with van der Waals surface area (Å²) in [5, 5.41) is 0. The topological polar surface area (TPSA) is 39.2 Å². The molecule has 6 heteroatoms. The first-order valence-corrected chi connectivity index (χ1v) is 4.05. The Balaban J connectivity index is 2.69. The molecular formula is C9H8F3NO2. The van der Waals surface area contributed by atoms with Crippen LogP contribution < -0.4 is 0 Å². The fourth-order valence-electron chi connectivity index (χ4n) is 0.853. The van der Waals surface area contributed by atoms with E-state index < -0.39 is 17.7 Å². The number of ether oxygens (including phenoxy) is 1. The molecule has 1 heterocycles. The summed E-state index contributed by atoms with van der Waals surface area (Å²) in [4.78, 5) is 13.9. The Hall–Kier alpha value is -1.59. The highest BCUT2D eigenvalue weighted by Gasteiger charge is 2.30. The third-order valence-electron chi connectivity index (χ3n) is 1.58. The van der Waals surface area contributed by atoms with E-state index in [1.54, 1.807) is 0 Å². The minimum Gasteiger partial charge on any atom is -0.459 e. The molecule has 0 aliphatic rings. The van der Waals surface area contributed by atoms with E-state index in [4.69, 9.17) is 0 Å². The molecule has 3 nitrogen and oxygen atoms in total. The van der Waals surface area contributed by atoms with Gasteiger partial charge in [-0.2, -0.15) is 13.2 Å². The maximum Gasteiger partial charge on any atom is 0.417 e. The summed E-state index contributed by atoms with van der Waals surface area (Å²) < 4.78 is 40.9. The van der Waals surface area contributed by atoms with E-state index >= 15 is 0 Å². The number of carbonyl (C=O) groups is 1. The zero-order chi connectivity index (χ0) is 11.5. The Bertz CT molecular complexity index is 345. The van der Waals surface area contributed by atoms with Gasteiger partial charge in [0.1, 0.15) is 6.61 Å². The molecule has 0 spiro atoms. The zero-order valence-electron chi connectivity index (χ0n) is 7.84. The summed E-state index contributed by atoms with van der Waals surface area (Å²) >= 11 is 0. The summed E-state index contributed by atoms with van der Waals surface area (Å²) in [6.07, 6.45) is -3.69. The van der Waals surface area contributed by atoms with E-state index in [9.17, 15) is 18.0 Å². The van der Waals surface area contributed by atoms with Crippen molar-refractivity contribution >= 4 is 5.97 Å². The largest absolute Gasteiger partial charge is 0.459 e. The number of halogens is 3. The fraction of sp³-hybridized carbons (Fsp3) is 0.333. The lowest BCUT2D eigenvalue weighted by molar-refractivity contribution is -0.142. The second-order valence-corrected chi connectivity index (χ2v) is 2.82. The van der Waals surface area contributed by atoms with Crippen LogP contribution in [0.15, 0.2) is 18.3 Å². The van der Waals surface area contributed by atoms with Gasteiger partial charge in [-0.3, -0.25) is 9.78 Å². The van der Waals surface area contributed by atoms with E-state index in [2.05, 4.69) is 9.72 Å². The summed E-state index contributed by atoms with van der Waals surface area (Å²) in [7, 11) is 0. The van der Waals surface area contributed by atoms with Crippen LogP contribution in [-0.4, -0.2) is 11.0 Å². The number of hydrogen-bond acceptors (Lipinski definition) is 3. The maximum absolute atomic E-state index is 12.1. The van der Waals surface area contributed by atoms with Gasteiger partial charge in [0.2, 0.25) is 0 Å². The molecule has 0 N–H and O–H groups in total. The van der Waals surface area contributed by atoms with Crippen LogP contribution in [0.3, 0.4) is 0 Å². The molecule has 1 rings (SSSR count). The van der Waals surface area contributed by atoms with Gasteiger partial charge in [0, 0.05) is 13.1 Å². The Labute approximate surface area is 83.9 Å². The van der Waals surface area contributed by atoms with Crippen molar-refractivity contribution in [3.05, 3.63) is 29.6 Å². The average Bonchev–Trinajstić information content (AvgIpc) is 2.14. The first-order valence-electron chi connectivity index (χ1n) is 4.05. The number of pyridine rings is 1. The van der Waals surface area contributed by atoms with E-state index in [0.717, 1.165) is 6.07 Å². The average molecular weight is 219 g/mol. The molecule has 0 saturated carbocycles. The second kappa shape index (κ2) is 4.29. The van der Waals surface area contributed by atoms with Gasteiger partial charge in [-0.15, -0.1) is 0 Å². The Morgan fingerprint density at radius 2 is 2.13 bits per heavy atom. The van der Waals surface area contributed by atoms with Crippen LogP contribution in [0.2, 0.25) is 0 Å². The second-order valence-electron chi connectivity index (χ2n) is 2.82. The van der Waals surface area contributed by atoms with Gasteiger partial charge in [-0.25, -0.2) is 0 Å². The van der Waals surface area contributed by atoms with Crippen molar-refractivity contribution in [1.82, 2.24) is 4.98 Å². The van der Waals surface area contributed by atoms with Gasteiger partial charge in [0.15, 0.2) is 0 Å². The summed E-state index contributed by atoms with van der Waals surface area (Å²) in [6.45, 7) is 1.09. The SMILES string of the molecule is CC(=O)OCc1ccc(C(F)(F)F)cn1. The van der Waals surface area contributed by atoms with Crippen LogP contribution in [0.4, 0.5) is 13.2 Å². The van der Waals surface area contributed by atoms with Crippen molar-refractivity contribution in [3.8, 4) is 0 Å². The van der Waals surface area contributed by atoms with Crippen molar-refractivity contribution in [2.75, 3.05) is 0 Å². The normalized spacial score (nSPS) is 11.2. The summed E-state index contributed by atoms with van der Waals surface area (Å²) in [5.74, 6) is -0.503. The molecule has 0 atom stereocenters. The minimum atomic E-state index is -4.40. The number of aromatic nitrogens is 1. The third-order valence-corrected chi connectivity index (χ3v) is 1.58. The highest BCUT2D eigenvalue weighted by Crippen LogP contribution is 2.28. The molecule has 82 valence electrons. The number of carbonyl (C=O) groups excluding carboxylic acids is 1. The standard InChI is InChI=1S/C9H8F3NO2/c1-6(14)15-5-8-3-2-7(4-13-8)9(10,11)12/h2-4H,5H2,1H3. The van der Waals surface area contributed by atoms with Gasteiger partial charge >= 0.3 is 12.1 Å². The number of alkyl halides is 3. The number of rotatable bonds is 2. The first-order chi connectivity index (χ1) is 6.89. The van der Waals surface area contributed by atoms with Crippen LogP contribution >= 0.6 is 0 Å². The molecule has 0 unspecified atom stereocenters. The van der Waals surface area contributed by atoms with Crippen LogP contribution in [0.1, 0.15) is 18.2 Å². The number of nitrogens with zero attached hydrogens (tertiary/aromatic N) is 1. The van der Waals surface area contributed by atoms with Crippen molar-refractivity contribution in [1.29, 1.82) is 0 Å². The van der Waals surface area contributed by atoms with Gasteiger partial charge < -0.3 is 4.74 Å². The van der Waals surface area contributed by atoms with Crippen LogP contribution in [0, 0.1) is 0 Å². The lowest BCUT2D eigenvalue weighted by Crippen LogP contribution is -2.07. The van der Waals surface area contributed by atoms with Gasteiger partial charge in [0.05, 0.1) is 11.3 Å². The smallest absolute Gasteiger partial charge is 0.417 e. The van der Waals surface area contributed by atoms with Crippen LogP contribution in [0.5, 0.6) is 0 Å². The van der Waals surface area contributed by atoms with E-state index in [-0.39, 0.29) is 12.3 Å². The van der Waals surface area contributed by atoms with Crippen molar-refractivity contribution in [2.45, 2.75) is 19.7 Å². The first kappa shape index (κ1) is 11.5. The minimum absolute atomic E-state index is 0.118. The predicted octanol–water partition coefficient (Wildman–Crippen LogP) is 2.16. The third kappa shape index (κ3) is 3.57. The van der Waals surface area contributed by atoms with Crippen LogP contribution in [-0.2, 0) is 22.3 Å². The molecule has 1 aromatic heterocycles. The Kier molecular flexibility index (Phi) is 3.28. The molecule has 0 aromatic carbocycles. The maximum atomic E-state index is 12.1. The molecule has 0 aliphatic carbocycles. The van der Waals surface area contributed by atoms with Crippen molar-refractivity contribution in [2.24, 2.45) is 0 Å². The Morgan fingerprint density at radius 1 is 1.47 bits per heavy atom.